The van der Waals surface area contributed by atoms with E-state index in [1.165, 1.54) is 0 Å². The van der Waals surface area contributed by atoms with Crippen molar-refractivity contribution in [3.8, 4) is 5.69 Å². The van der Waals surface area contributed by atoms with Crippen LogP contribution in [-0.2, 0) is 12.8 Å². The minimum atomic E-state index is -0.930. The summed E-state index contributed by atoms with van der Waals surface area (Å²) >= 11 is 6.23. The molecule has 0 radical (unpaired) electrons. The Kier molecular flexibility index (Phi) is 4.68. The second kappa shape index (κ2) is 6.31. The highest BCUT2D eigenvalue weighted by molar-refractivity contribution is 6.32. The average molecular weight is 307 g/mol. The smallest absolute Gasteiger partial charge is 0.339 e. The van der Waals surface area contributed by atoms with Gasteiger partial charge in [0.05, 0.1) is 22.1 Å². The van der Waals surface area contributed by atoms with Gasteiger partial charge in [-0.05, 0) is 30.9 Å². The summed E-state index contributed by atoms with van der Waals surface area (Å²) in [5.74, 6) is -0.594. The summed E-state index contributed by atoms with van der Waals surface area (Å²) in [6, 6.07) is 7.33. The molecule has 2 aromatic rings. The summed E-state index contributed by atoms with van der Waals surface area (Å²) < 4.78 is 1.67. The molecule has 0 atom stereocenters. The molecule has 0 unspecified atom stereocenters. The Morgan fingerprint density at radius 2 is 2.05 bits per heavy atom. The number of hydrogen-bond acceptors (Lipinski definition) is 2. The van der Waals surface area contributed by atoms with Crippen LogP contribution in [0.1, 0.15) is 42.5 Å². The first-order valence-corrected chi connectivity index (χ1v) is 7.42. The number of aromatic carboxylic acids is 1. The van der Waals surface area contributed by atoms with Crippen LogP contribution in [0.3, 0.4) is 0 Å². The molecule has 21 heavy (non-hydrogen) atoms. The summed E-state index contributed by atoms with van der Waals surface area (Å²) in [6.07, 6.45) is 1.21. The number of aromatic nitrogens is 2. The molecular formula is C16H19ClN2O2. The fourth-order valence-electron chi connectivity index (χ4n) is 2.43. The van der Waals surface area contributed by atoms with Gasteiger partial charge in [0.15, 0.2) is 0 Å². The van der Waals surface area contributed by atoms with E-state index in [0.717, 1.165) is 0 Å². The lowest BCUT2D eigenvalue weighted by atomic mass is 10.0. The number of nitrogens with zero attached hydrogens (tertiary/aromatic N) is 2. The Bertz CT molecular complexity index is 662. The minimum Gasteiger partial charge on any atom is -0.478 e. The first kappa shape index (κ1) is 15.6. The molecule has 0 saturated heterocycles. The maximum absolute atomic E-state index is 11.6. The van der Waals surface area contributed by atoms with E-state index in [9.17, 15) is 9.90 Å². The zero-order chi connectivity index (χ0) is 15.6. The molecule has 0 bridgehead atoms. The van der Waals surface area contributed by atoms with Crippen LogP contribution in [0.5, 0.6) is 0 Å². The molecule has 0 saturated carbocycles. The molecular weight excluding hydrogens is 288 g/mol. The molecule has 0 amide bonds. The summed E-state index contributed by atoms with van der Waals surface area (Å²) in [5.41, 5.74) is 2.33. The number of hydrogen-bond donors (Lipinski definition) is 1. The van der Waals surface area contributed by atoms with Gasteiger partial charge in [0.25, 0.3) is 0 Å². The third kappa shape index (κ3) is 3.10. The van der Waals surface area contributed by atoms with E-state index < -0.39 is 5.97 Å². The van der Waals surface area contributed by atoms with Crippen LogP contribution in [0.15, 0.2) is 24.3 Å². The third-order valence-corrected chi connectivity index (χ3v) is 3.60. The van der Waals surface area contributed by atoms with E-state index >= 15 is 0 Å². The van der Waals surface area contributed by atoms with Gasteiger partial charge in [-0.3, -0.25) is 0 Å². The van der Waals surface area contributed by atoms with Crippen LogP contribution in [0.4, 0.5) is 0 Å². The van der Waals surface area contributed by atoms with Gasteiger partial charge in [-0.2, -0.15) is 5.10 Å². The van der Waals surface area contributed by atoms with Gasteiger partial charge in [0.1, 0.15) is 5.56 Å². The quantitative estimate of drug-likeness (QED) is 0.909. The van der Waals surface area contributed by atoms with Crippen LogP contribution in [0.2, 0.25) is 5.02 Å². The lowest BCUT2D eigenvalue weighted by Crippen LogP contribution is -2.07. The average Bonchev–Trinajstić information content (AvgIpc) is 2.76. The van der Waals surface area contributed by atoms with Crippen molar-refractivity contribution in [2.45, 2.75) is 33.6 Å². The number of halogens is 1. The van der Waals surface area contributed by atoms with E-state index in [0.29, 0.717) is 46.4 Å². The molecule has 112 valence electrons. The highest BCUT2D eigenvalue weighted by Crippen LogP contribution is 2.26. The fourth-order valence-corrected chi connectivity index (χ4v) is 2.65. The molecule has 4 nitrogen and oxygen atoms in total. The van der Waals surface area contributed by atoms with Gasteiger partial charge in [-0.15, -0.1) is 0 Å². The number of rotatable bonds is 5. The summed E-state index contributed by atoms with van der Waals surface area (Å²) in [6.45, 7) is 6.02. The van der Waals surface area contributed by atoms with Crippen LogP contribution >= 0.6 is 11.6 Å². The molecule has 1 aromatic heterocycles. The fraction of sp³-hybridized carbons (Fsp3) is 0.375. The Morgan fingerprint density at radius 1 is 1.38 bits per heavy atom. The van der Waals surface area contributed by atoms with Crippen molar-refractivity contribution in [2.75, 3.05) is 0 Å². The maximum atomic E-state index is 11.6. The Hall–Kier alpha value is -1.81. The van der Waals surface area contributed by atoms with Crippen LogP contribution in [0.25, 0.3) is 5.69 Å². The second-order valence-electron chi connectivity index (χ2n) is 5.39. The number of para-hydroxylation sites is 1. The predicted molar refractivity (Wildman–Crippen MR) is 83.5 cm³/mol. The normalized spacial score (nSPS) is 11.1. The highest BCUT2D eigenvalue weighted by Gasteiger charge is 2.24. The van der Waals surface area contributed by atoms with E-state index in [1.54, 1.807) is 10.7 Å². The van der Waals surface area contributed by atoms with E-state index in [2.05, 4.69) is 5.10 Å². The lowest BCUT2D eigenvalue weighted by Gasteiger charge is -2.08. The third-order valence-electron chi connectivity index (χ3n) is 3.28. The van der Waals surface area contributed by atoms with Crippen molar-refractivity contribution in [1.82, 2.24) is 9.78 Å². The number of benzene rings is 1. The number of carbonyl (C=O) groups is 1. The SMILES string of the molecule is CCc1c(C(=O)O)c(CC(C)C)nn1-c1ccccc1Cl. The van der Waals surface area contributed by atoms with Crippen molar-refractivity contribution < 1.29 is 9.90 Å². The molecule has 0 aliphatic rings. The number of carboxylic acid groups (broad SMARTS) is 1. The Labute approximate surface area is 129 Å². The van der Waals surface area contributed by atoms with Crippen LogP contribution in [-0.4, -0.2) is 20.9 Å². The monoisotopic (exact) mass is 306 g/mol. The Balaban J connectivity index is 2.67. The summed E-state index contributed by atoms with van der Waals surface area (Å²) in [5, 5.41) is 14.6. The van der Waals surface area contributed by atoms with E-state index in [4.69, 9.17) is 11.6 Å². The van der Waals surface area contributed by atoms with Crippen LogP contribution in [0, 0.1) is 5.92 Å². The molecule has 1 heterocycles. The van der Waals surface area contributed by atoms with Crippen molar-refractivity contribution in [3.63, 3.8) is 0 Å². The second-order valence-corrected chi connectivity index (χ2v) is 5.80. The van der Waals surface area contributed by atoms with Crippen molar-refractivity contribution in [1.29, 1.82) is 0 Å². The van der Waals surface area contributed by atoms with Gasteiger partial charge in [-0.25, -0.2) is 9.48 Å². The molecule has 5 heteroatoms. The summed E-state index contributed by atoms with van der Waals surface area (Å²) in [4.78, 5) is 11.6. The zero-order valence-corrected chi connectivity index (χ0v) is 13.2. The first-order valence-electron chi connectivity index (χ1n) is 7.04. The molecule has 0 fully saturated rings. The summed E-state index contributed by atoms with van der Waals surface area (Å²) in [7, 11) is 0. The molecule has 1 N–H and O–H groups in total. The van der Waals surface area contributed by atoms with E-state index in [-0.39, 0.29) is 0 Å². The van der Waals surface area contributed by atoms with Gasteiger partial charge >= 0.3 is 5.97 Å². The zero-order valence-electron chi connectivity index (χ0n) is 12.4. The maximum Gasteiger partial charge on any atom is 0.339 e. The lowest BCUT2D eigenvalue weighted by molar-refractivity contribution is 0.0694. The van der Waals surface area contributed by atoms with E-state index in [1.807, 2.05) is 39.0 Å². The largest absolute Gasteiger partial charge is 0.478 e. The standard InChI is InChI=1S/C16H19ClN2O2/c1-4-13-15(16(20)21)12(9-10(2)3)18-19(13)14-8-6-5-7-11(14)17/h5-8,10H,4,9H2,1-3H3,(H,20,21). The molecule has 2 rings (SSSR count). The minimum absolute atomic E-state index is 0.311. The topological polar surface area (TPSA) is 55.1 Å². The number of carboxylic acids is 1. The highest BCUT2D eigenvalue weighted by atomic mass is 35.5. The molecule has 0 aliphatic carbocycles. The first-order chi connectivity index (χ1) is 9.95. The van der Waals surface area contributed by atoms with Gasteiger partial charge < -0.3 is 5.11 Å². The van der Waals surface area contributed by atoms with Gasteiger partial charge in [0, 0.05) is 0 Å². The molecule has 0 aliphatic heterocycles. The molecule has 1 aromatic carbocycles. The Morgan fingerprint density at radius 3 is 2.57 bits per heavy atom. The predicted octanol–water partition coefficient (Wildman–Crippen LogP) is 3.98. The van der Waals surface area contributed by atoms with Crippen molar-refractivity contribution >= 4 is 17.6 Å². The van der Waals surface area contributed by atoms with Gasteiger partial charge in [0.2, 0.25) is 0 Å². The van der Waals surface area contributed by atoms with Crippen LogP contribution < -0.4 is 0 Å². The van der Waals surface area contributed by atoms with Crippen molar-refractivity contribution in [3.05, 3.63) is 46.2 Å². The van der Waals surface area contributed by atoms with Crippen molar-refractivity contribution in [2.24, 2.45) is 5.92 Å². The van der Waals surface area contributed by atoms with Gasteiger partial charge in [-0.1, -0.05) is 44.5 Å². The molecule has 0 spiro atoms.